The fraction of sp³-hybridized carbons (Fsp3) is 0.200. The van der Waals surface area contributed by atoms with Gasteiger partial charge in [0, 0.05) is 31.5 Å². The van der Waals surface area contributed by atoms with Crippen LogP contribution in [0.2, 0.25) is 0 Å². The number of halogens is 2. The normalized spacial score (nSPS) is 13.4. The summed E-state index contributed by atoms with van der Waals surface area (Å²) in [5, 5.41) is 21.3. The number of non-ortho nitro benzene ring substituents is 1. The molecule has 4 rings (SSSR count). The number of nitrogens with zero attached hydrogens (tertiary/aromatic N) is 3. The Morgan fingerprint density at radius 3 is 2.66 bits per heavy atom. The number of rotatable bonds is 4. The zero-order valence-corrected chi connectivity index (χ0v) is 18.9. The standard InChI is InChI=1S/C20H13Br2N3O3S/c21-15-7-11(25(26)27)8-16(22)19(15)17-6-5-12(28-17)10-24-20-14(9-23)13-3-1-2-4-18(13)29-20/h5-8,10H,1-4H2/b24-10+. The Morgan fingerprint density at radius 1 is 1.24 bits per heavy atom. The van der Waals surface area contributed by atoms with Gasteiger partial charge in [-0.1, -0.05) is 0 Å². The summed E-state index contributed by atoms with van der Waals surface area (Å²) in [6.07, 6.45) is 5.83. The van der Waals surface area contributed by atoms with Crippen molar-refractivity contribution >= 4 is 60.1 Å². The van der Waals surface area contributed by atoms with Gasteiger partial charge >= 0.3 is 0 Å². The first kappa shape index (κ1) is 20.0. The zero-order valence-electron chi connectivity index (χ0n) is 14.9. The first-order chi connectivity index (χ1) is 14.0. The molecule has 0 atom stereocenters. The first-order valence-electron chi connectivity index (χ1n) is 8.80. The molecule has 0 radical (unpaired) electrons. The maximum atomic E-state index is 11.0. The highest BCUT2D eigenvalue weighted by molar-refractivity contribution is 9.11. The van der Waals surface area contributed by atoms with Crippen LogP contribution in [-0.2, 0) is 12.8 Å². The summed E-state index contributed by atoms with van der Waals surface area (Å²) >= 11 is 8.33. The van der Waals surface area contributed by atoms with E-state index in [1.807, 2.05) is 0 Å². The van der Waals surface area contributed by atoms with E-state index in [-0.39, 0.29) is 5.69 Å². The number of nitro groups is 1. The van der Waals surface area contributed by atoms with Gasteiger partial charge in [0.2, 0.25) is 0 Å². The Bertz CT molecular complexity index is 1170. The van der Waals surface area contributed by atoms with Crippen molar-refractivity contribution in [3.8, 4) is 17.4 Å². The van der Waals surface area contributed by atoms with Crippen molar-refractivity contribution in [1.82, 2.24) is 0 Å². The lowest BCUT2D eigenvalue weighted by Crippen LogP contribution is -1.99. The first-order valence-corrected chi connectivity index (χ1v) is 11.2. The van der Waals surface area contributed by atoms with Crippen LogP contribution in [0.25, 0.3) is 11.3 Å². The Hall–Kier alpha value is -2.28. The number of benzene rings is 1. The van der Waals surface area contributed by atoms with Gasteiger partial charge in [-0.15, -0.1) is 11.3 Å². The summed E-state index contributed by atoms with van der Waals surface area (Å²) in [4.78, 5) is 16.3. The number of fused-ring (bicyclic) bond motifs is 1. The van der Waals surface area contributed by atoms with Crippen molar-refractivity contribution in [3.05, 3.63) is 65.1 Å². The molecule has 0 amide bonds. The third-order valence-corrected chi connectivity index (χ3v) is 7.14. The monoisotopic (exact) mass is 533 g/mol. The number of nitro benzene ring substituents is 1. The van der Waals surface area contributed by atoms with Gasteiger partial charge < -0.3 is 4.42 Å². The number of aliphatic imine (C=N–C) groups is 1. The zero-order chi connectivity index (χ0) is 20.5. The van der Waals surface area contributed by atoms with Crippen LogP contribution >= 0.6 is 43.2 Å². The fourth-order valence-corrected chi connectivity index (χ4v) is 6.07. The highest BCUT2D eigenvalue weighted by atomic mass is 79.9. The summed E-state index contributed by atoms with van der Waals surface area (Å²) in [6.45, 7) is 0. The van der Waals surface area contributed by atoms with E-state index in [0.29, 0.717) is 31.6 Å². The number of furan rings is 1. The maximum absolute atomic E-state index is 11.0. The van der Waals surface area contributed by atoms with E-state index in [1.165, 1.54) is 17.0 Å². The highest BCUT2D eigenvalue weighted by Crippen LogP contribution is 2.40. The Balaban J connectivity index is 1.64. The second-order valence-corrected chi connectivity index (χ2v) is 9.30. The van der Waals surface area contributed by atoms with Crippen LogP contribution < -0.4 is 0 Å². The van der Waals surface area contributed by atoms with E-state index in [4.69, 9.17) is 4.42 Å². The molecule has 1 aliphatic rings. The third kappa shape index (κ3) is 3.92. The van der Waals surface area contributed by atoms with Crippen molar-refractivity contribution in [2.24, 2.45) is 4.99 Å². The summed E-state index contributed by atoms with van der Waals surface area (Å²) < 4.78 is 6.97. The molecule has 0 fully saturated rings. The van der Waals surface area contributed by atoms with Gasteiger partial charge in [-0.05, 0) is 75.2 Å². The number of hydrogen-bond donors (Lipinski definition) is 0. The summed E-state index contributed by atoms with van der Waals surface area (Å²) in [5.41, 5.74) is 2.48. The number of nitriles is 1. The molecule has 2 aromatic heterocycles. The van der Waals surface area contributed by atoms with Crippen LogP contribution in [0, 0.1) is 21.4 Å². The minimum Gasteiger partial charge on any atom is -0.455 e. The van der Waals surface area contributed by atoms with Gasteiger partial charge in [-0.3, -0.25) is 10.1 Å². The van der Waals surface area contributed by atoms with E-state index in [0.717, 1.165) is 36.2 Å². The van der Waals surface area contributed by atoms with Crippen molar-refractivity contribution in [2.75, 3.05) is 0 Å². The third-order valence-electron chi connectivity index (χ3n) is 4.68. The van der Waals surface area contributed by atoms with Crippen molar-refractivity contribution in [1.29, 1.82) is 5.26 Å². The molecule has 0 spiro atoms. The molecule has 0 N–H and O–H groups in total. The largest absolute Gasteiger partial charge is 0.455 e. The minimum absolute atomic E-state index is 0.0217. The molecule has 2 heterocycles. The molecule has 0 bridgehead atoms. The van der Waals surface area contributed by atoms with E-state index in [1.54, 1.807) is 29.7 Å². The second kappa shape index (κ2) is 8.22. The SMILES string of the molecule is N#Cc1c(/N=C/c2ccc(-c3c(Br)cc([N+](=O)[O-])cc3Br)o2)sc2c1CCCC2. The van der Waals surface area contributed by atoms with Gasteiger partial charge in [0.1, 0.15) is 22.6 Å². The van der Waals surface area contributed by atoms with Gasteiger partial charge in [-0.25, -0.2) is 4.99 Å². The average molecular weight is 535 g/mol. The molecule has 0 saturated carbocycles. The van der Waals surface area contributed by atoms with E-state index in [2.05, 4.69) is 42.9 Å². The topological polar surface area (TPSA) is 92.4 Å². The molecule has 29 heavy (non-hydrogen) atoms. The van der Waals surface area contributed by atoms with Crippen LogP contribution in [0.1, 0.15) is 34.6 Å². The average Bonchev–Trinajstić information content (AvgIpc) is 3.29. The maximum Gasteiger partial charge on any atom is 0.271 e. The lowest BCUT2D eigenvalue weighted by atomic mass is 9.96. The Morgan fingerprint density at radius 2 is 1.97 bits per heavy atom. The van der Waals surface area contributed by atoms with Gasteiger partial charge in [0.15, 0.2) is 0 Å². The van der Waals surface area contributed by atoms with Crippen LogP contribution in [0.3, 0.4) is 0 Å². The number of thiophene rings is 1. The molecule has 0 unspecified atom stereocenters. The molecule has 0 aliphatic heterocycles. The lowest BCUT2D eigenvalue weighted by molar-refractivity contribution is -0.385. The molecule has 9 heteroatoms. The molecule has 3 aromatic rings. The van der Waals surface area contributed by atoms with Gasteiger partial charge in [0.25, 0.3) is 5.69 Å². The Labute approximate surface area is 187 Å². The minimum atomic E-state index is -0.451. The molecule has 146 valence electrons. The highest BCUT2D eigenvalue weighted by Gasteiger charge is 2.21. The lowest BCUT2D eigenvalue weighted by Gasteiger charge is -2.09. The van der Waals surface area contributed by atoms with Crippen LogP contribution in [-0.4, -0.2) is 11.1 Å². The molecule has 1 aromatic carbocycles. The second-order valence-electron chi connectivity index (χ2n) is 6.50. The van der Waals surface area contributed by atoms with E-state index >= 15 is 0 Å². The summed E-state index contributed by atoms with van der Waals surface area (Å²) in [7, 11) is 0. The Kier molecular flexibility index (Phi) is 5.67. The summed E-state index contributed by atoms with van der Waals surface area (Å²) in [6, 6.07) is 8.73. The van der Waals surface area contributed by atoms with Crippen LogP contribution in [0.4, 0.5) is 10.7 Å². The van der Waals surface area contributed by atoms with Crippen LogP contribution in [0.15, 0.2) is 42.6 Å². The molecular formula is C20H13Br2N3O3S. The van der Waals surface area contributed by atoms with E-state index < -0.39 is 4.92 Å². The van der Waals surface area contributed by atoms with Gasteiger partial charge in [0.05, 0.1) is 16.7 Å². The van der Waals surface area contributed by atoms with Crippen molar-refractivity contribution in [2.45, 2.75) is 25.7 Å². The van der Waals surface area contributed by atoms with Crippen LogP contribution in [0.5, 0.6) is 0 Å². The fourth-order valence-electron chi connectivity index (χ4n) is 3.34. The van der Waals surface area contributed by atoms with Crippen molar-refractivity contribution < 1.29 is 9.34 Å². The smallest absolute Gasteiger partial charge is 0.271 e. The number of aryl methyl sites for hydroxylation is 1. The quantitative estimate of drug-likeness (QED) is 0.206. The molecular weight excluding hydrogens is 522 g/mol. The predicted octanol–water partition coefficient (Wildman–Crippen LogP) is 6.94. The van der Waals surface area contributed by atoms with Crippen molar-refractivity contribution in [3.63, 3.8) is 0 Å². The molecule has 6 nitrogen and oxygen atoms in total. The van der Waals surface area contributed by atoms with E-state index in [9.17, 15) is 15.4 Å². The summed E-state index contributed by atoms with van der Waals surface area (Å²) in [5.74, 6) is 1.08. The molecule has 1 aliphatic carbocycles. The number of hydrogen-bond acceptors (Lipinski definition) is 6. The molecule has 0 saturated heterocycles. The van der Waals surface area contributed by atoms with Gasteiger partial charge in [-0.2, -0.15) is 5.26 Å². The predicted molar refractivity (Wildman–Crippen MR) is 119 cm³/mol.